The summed E-state index contributed by atoms with van der Waals surface area (Å²) in [5.41, 5.74) is 1.15. The predicted molar refractivity (Wildman–Crippen MR) is 76.7 cm³/mol. The number of carbonyl (C=O) groups is 2. The summed E-state index contributed by atoms with van der Waals surface area (Å²) in [6.07, 6.45) is -0.199. The Kier molecular flexibility index (Phi) is 4.59. The normalized spacial score (nSPS) is 16.1. The largest absolute Gasteiger partial charge is 0.464 e. The maximum Gasteiger partial charge on any atom is 0.414 e. The van der Waals surface area contributed by atoms with Gasteiger partial charge >= 0.3 is 12.1 Å². The molecule has 1 aromatic rings. The van der Waals surface area contributed by atoms with Crippen LogP contribution in [-0.4, -0.2) is 36.2 Å². The Hall–Kier alpha value is -2.64. The molecule has 8 heteroatoms. The van der Waals surface area contributed by atoms with Crippen LogP contribution in [-0.2, 0) is 20.7 Å². The van der Waals surface area contributed by atoms with E-state index in [1.165, 1.54) is 30.0 Å². The first kappa shape index (κ1) is 15.7. The van der Waals surface area contributed by atoms with Gasteiger partial charge in [-0.2, -0.15) is 0 Å². The van der Waals surface area contributed by atoms with Crippen molar-refractivity contribution in [2.45, 2.75) is 26.3 Å². The standard InChI is InChI=1S/C14H16N2O6/c1-3-21-14(18)15-12(8-22-9(2)17)7-10-6-11(16(19)20)4-5-13(10)15/h4-6,12H,3,7-8H2,1-2H3. The van der Waals surface area contributed by atoms with E-state index in [1.807, 2.05) is 0 Å². The van der Waals surface area contributed by atoms with Gasteiger partial charge in [-0.15, -0.1) is 0 Å². The van der Waals surface area contributed by atoms with Crippen LogP contribution in [0.25, 0.3) is 0 Å². The minimum Gasteiger partial charge on any atom is -0.464 e. The van der Waals surface area contributed by atoms with Gasteiger partial charge in [0.1, 0.15) is 6.61 Å². The maximum absolute atomic E-state index is 12.1. The summed E-state index contributed by atoms with van der Waals surface area (Å²) in [5.74, 6) is -0.453. The highest BCUT2D eigenvalue weighted by molar-refractivity contribution is 5.91. The van der Waals surface area contributed by atoms with Gasteiger partial charge in [0.05, 0.1) is 23.3 Å². The van der Waals surface area contributed by atoms with Crippen LogP contribution in [0.2, 0.25) is 0 Å². The zero-order valence-corrected chi connectivity index (χ0v) is 12.3. The molecule has 1 aliphatic heterocycles. The second kappa shape index (κ2) is 6.42. The van der Waals surface area contributed by atoms with Crippen LogP contribution < -0.4 is 4.90 Å². The highest BCUT2D eigenvalue weighted by atomic mass is 16.6. The fourth-order valence-corrected chi connectivity index (χ4v) is 2.41. The first-order valence-corrected chi connectivity index (χ1v) is 6.80. The highest BCUT2D eigenvalue weighted by Crippen LogP contribution is 2.35. The number of nitrogens with zero attached hydrogens (tertiary/aromatic N) is 2. The van der Waals surface area contributed by atoms with Gasteiger partial charge in [0.2, 0.25) is 0 Å². The molecule has 0 aromatic heterocycles. The number of fused-ring (bicyclic) bond motifs is 1. The van der Waals surface area contributed by atoms with Crippen LogP contribution in [0.1, 0.15) is 19.4 Å². The summed E-state index contributed by atoms with van der Waals surface area (Å²) < 4.78 is 9.98. The molecule has 8 nitrogen and oxygen atoms in total. The molecule has 118 valence electrons. The molecule has 0 saturated heterocycles. The van der Waals surface area contributed by atoms with E-state index in [0.717, 1.165) is 0 Å². The van der Waals surface area contributed by atoms with Gasteiger partial charge in [-0.05, 0) is 25.0 Å². The van der Waals surface area contributed by atoms with Gasteiger partial charge in [-0.25, -0.2) is 4.79 Å². The Morgan fingerprint density at radius 2 is 2.14 bits per heavy atom. The summed E-state index contributed by atoms with van der Waals surface area (Å²) in [4.78, 5) is 34.8. The fourth-order valence-electron chi connectivity index (χ4n) is 2.41. The summed E-state index contributed by atoms with van der Waals surface area (Å²) >= 11 is 0. The number of nitro groups is 1. The quantitative estimate of drug-likeness (QED) is 0.479. The van der Waals surface area contributed by atoms with E-state index in [-0.39, 0.29) is 18.9 Å². The molecule has 1 heterocycles. The summed E-state index contributed by atoms with van der Waals surface area (Å²) in [6, 6.07) is 3.84. The summed E-state index contributed by atoms with van der Waals surface area (Å²) in [7, 11) is 0. The lowest BCUT2D eigenvalue weighted by Gasteiger charge is -2.24. The topological polar surface area (TPSA) is 99.0 Å². The molecule has 0 fully saturated rings. The van der Waals surface area contributed by atoms with Gasteiger partial charge in [0, 0.05) is 19.1 Å². The average Bonchev–Trinajstić information content (AvgIpc) is 2.82. The number of hydrogen-bond donors (Lipinski definition) is 0. The van der Waals surface area contributed by atoms with E-state index in [9.17, 15) is 19.7 Å². The van der Waals surface area contributed by atoms with E-state index in [1.54, 1.807) is 6.92 Å². The fraction of sp³-hybridized carbons (Fsp3) is 0.429. The molecular weight excluding hydrogens is 292 g/mol. The van der Waals surface area contributed by atoms with Crippen molar-refractivity contribution >= 4 is 23.4 Å². The monoisotopic (exact) mass is 308 g/mol. The van der Waals surface area contributed by atoms with Crippen molar-refractivity contribution < 1.29 is 24.0 Å². The minimum absolute atomic E-state index is 0.0105. The number of hydrogen-bond acceptors (Lipinski definition) is 6. The number of benzene rings is 1. The Balaban J connectivity index is 2.31. The highest BCUT2D eigenvalue weighted by Gasteiger charge is 2.36. The van der Waals surface area contributed by atoms with Crippen LogP contribution in [0, 0.1) is 10.1 Å². The van der Waals surface area contributed by atoms with Crippen LogP contribution in [0.4, 0.5) is 16.2 Å². The van der Waals surface area contributed by atoms with Crippen LogP contribution >= 0.6 is 0 Å². The van der Waals surface area contributed by atoms with E-state index < -0.39 is 23.0 Å². The van der Waals surface area contributed by atoms with Gasteiger partial charge in [-0.1, -0.05) is 0 Å². The lowest BCUT2D eigenvalue weighted by atomic mass is 10.1. The predicted octanol–water partition coefficient (Wildman–Crippen LogP) is 2.05. The molecule has 1 amide bonds. The third-order valence-corrected chi connectivity index (χ3v) is 3.30. The summed E-state index contributed by atoms with van der Waals surface area (Å²) in [6.45, 7) is 3.18. The molecular formula is C14H16N2O6. The molecule has 0 saturated carbocycles. The maximum atomic E-state index is 12.1. The van der Waals surface area contributed by atoms with Crippen molar-refractivity contribution in [3.8, 4) is 0 Å². The van der Waals surface area contributed by atoms with E-state index in [4.69, 9.17) is 9.47 Å². The van der Waals surface area contributed by atoms with Gasteiger partial charge < -0.3 is 9.47 Å². The molecule has 1 atom stereocenters. The molecule has 0 bridgehead atoms. The lowest BCUT2D eigenvalue weighted by Crippen LogP contribution is -2.41. The van der Waals surface area contributed by atoms with Crippen LogP contribution in [0.15, 0.2) is 18.2 Å². The van der Waals surface area contributed by atoms with E-state index in [2.05, 4.69) is 0 Å². The Morgan fingerprint density at radius 3 is 2.73 bits per heavy atom. The Labute approximate surface area is 126 Å². The minimum atomic E-state index is -0.563. The van der Waals surface area contributed by atoms with Gasteiger partial charge in [-0.3, -0.25) is 19.8 Å². The first-order valence-electron chi connectivity index (χ1n) is 6.80. The van der Waals surface area contributed by atoms with E-state index in [0.29, 0.717) is 17.7 Å². The van der Waals surface area contributed by atoms with Crippen molar-refractivity contribution in [2.24, 2.45) is 0 Å². The van der Waals surface area contributed by atoms with Crippen LogP contribution in [0.3, 0.4) is 0 Å². The molecule has 0 N–H and O–H groups in total. The van der Waals surface area contributed by atoms with Crippen LogP contribution in [0.5, 0.6) is 0 Å². The average molecular weight is 308 g/mol. The number of ether oxygens (including phenoxy) is 2. The van der Waals surface area contributed by atoms with Crippen molar-refractivity contribution in [1.29, 1.82) is 0 Å². The first-order chi connectivity index (χ1) is 10.4. The molecule has 0 radical (unpaired) electrons. The van der Waals surface area contributed by atoms with Gasteiger partial charge in [0.15, 0.2) is 0 Å². The third kappa shape index (κ3) is 3.16. The smallest absolute Gasteiger partial charge is 0.414 e. The molecule has 0 aliphatic carbocycles. The van der Waals surface area contributed by atoms with E-state index >= 15 is 0 Å². The second-order valence-corrected chi connectivity index (χ2v) is 4.80. The number of nitro benzene ring substituents is 1. The molecule has 0 spiro atoms. The second-order valence-electron chi connectivity index (χ2n) is 4.80. The van der Waals surface area contributed by atoms with Gasteiger partial charge in [0.25, 0.3) is 5.69 Å². The molecule has 1 aromatic carbocycles. The number of esters is 1. The third-order valence-electron chi connectivity index (χ3n) is 3.30. The SMILES string of the molecule is CCOC(=O)N1c2ccc([N+](=O)[O-])cc2CC1COC(C)=O. The molecule has 1 aliphatic rings. The molecule has 2 rings (SSSR count). The van der Waals surface area contributed by atoms with Crippen molar-refractivity contribution in [2.75, 3.05) is 18.1 Å². The zero-order valence-electron chi connectivity index (χ0n) is 12.3. The Morgan fingerprint density at radius 1 is 1.41 bits per heavy atom. The lowest BCUT2D eigenvalue weighted by molar-refractivity contribution is -0.384. The number of amides is 1. The number of carbonyl (C=O) groups excluding carboxylic acids is 2. The zero-order chi connectivity index (χ0) is 16.3. The van der Waals surface area contributed by atoms with Crippen molar-refractivity contribution in [3.63, 3.8) is 0 Å². The summed E-state index contributed by atoms with van der Waals surface area (Å²) in [5, 5.41) is 10.8. The number of rotatable bonds is 4. The Bertz CT molecular complexity index is 615. The van der Waals surface area contributed by atoms with Crippen molar-refractivity contribution in [3.05, 3.63) is 33.9 Å². The molecule has 1 unspecified atom stereocenters. The number of anilines is 1. The van der Waals surface area contributed by atoms with Crippen molar-refractivity contribution in [1.82, 2.24) is 0 Å². The molecule has 22 heavy (non-hydrogen) atoms. The number of non-ortho nitro benzene ring substituents is 1.